The third-order valence-corrected chi connectivity index (χ3v) is 3.37. The number of carboxylic acids is 1. The number of carbonyl (C=O) groups is 1. The number of nitrogens with two attached hydrogens (primary N) is 1. The number of aromatic hydroxyl groups is 3. The lowest BCUT2D eigenvalue weighted by atomic mass is 9.84. The van der Waals surface area contributed by atoms with Crippen LogP contribution in [0.15, 0.2) is 12.1 Å². The maximum atomic E-state index is 10.7. The van der Waals surface area contributed by atoms with E-state index in [1.807, 2.05) is 0 Å². The molecule has 3 atom stereocenters. The number of rotatable bonds is 5. The molecule has 0 saturated carbocycles. The van der Waals surface area contributed by atoms with Crippen LogP contribution >= 0.6 is 0 Å². The average molecular weight is 269 g/mol. The molecule has 0 fully saturated rings. The highest BCUT2D eigenvalue weighted by atomic mass is 16.4. The Kier molecular flexibility index (Phi) is 4.61. The molecule has 0 radical (unpaired) electrons. The number of phenolic OH excluding ortho intramolecular Hbond substituents is 3. The third kappa shape index (κ3) is 3.51. The van der Waals surface area contributed by atoms with Crippen molar-refractivity contribution in [2.24, 2.45) is 11.7 Å². The van der Waals surface area contributed by atoms with E-state index in [9.17, 15) is 20.1 Å². The maximum Gasteiger partial charge on any atom is 0.320 e. The number of carboxylic acid groups (broad SMARTS) is 1. The van der Waals surface area contributed by atoms with Crippen molar-refractivity contribution >= 4 is 5.97 Å². The van der Waals surface area contributed by atoms with Crippen LogP contribution in [0, 0.1) is 5.92 Å². The summed E-state index contributed by atoms with van der Waals surface area (Å²) in [5.41, 5.74) is 5.75. The van der Waals surface area contributed by atoms with E-state index >= 15 is 0 Å². The van der Waals surface area contributed by atoms with E-state index in [0.29, 0.717) is 0 Å². The zero-order valence-corrected chi connectivity index (χ0v) is 10.9. The molecule has 0 aliphatic carbocycles. The summed E-state index contributed by atoms with van der Waals surface area (Å²) < 4.78 is 0. The van der Waals surface area contributed by atoms with E-state index in [-0.39, 0.29) is 41.1 Å². The van der Waals surface area contributed by atoms with Gasteiger partial charge >= 0.3 is 5.97 Å². The molecule has 0 aromatic heterocycles. The van der Waals surface area contributed by atoms with Gasteiger partial charge in [-0.25, -0.2) is 0 Å². The average Bonchev–Trinajstić information content (AvgIpc) is 2.26. The number of aliphatic carboxylic acids is 1. The summed E-state index contributed by atoms with van der Waals surface area (Å²) in [7, 11) is 0. The van der Waals surface area contributed by atoms with E-state index in [2.05, 4.69) is 0 Å². The van der Waals surface area contributed by atoms with Gasteiger partial charge in [0.15, 0.2) is 0 Å². The first-order valence-electron chi connectivity index (χ1n) is 5.97. The Labute approximate surface area is 111 Å². The molecule has 6 heteroatoms. The van der Waals surface area contributed by atoms with Crippen LogP contribution in [0.1, 0.15) is 31.7 Å². The highest BCUT2D eigenvalue weighted by molar-refractivity contribution is 5.73. The predicted molar refractivity (Wildman–Crippen MR) is 69.2 cm³/mol. The number of benzene rings is 1. The van der Waals surface area contributed by atoms with E-state index in [1.54, 1.807) is 13.8 Å². The predicted octanol–water partition coefficient (Wildman–Crippen LogP) is 1.34. The molecule has 19 heavy (non-hydrogen) atoms. The third-order valence-electron chi connectivity index (χ3n) is 3.37. The van der Waals surface area contributed by atoms with Crippen LogP contribution in [-0.2, 0) is 4.79 Å². The first-order valence-corrected chi connectivity index (χ1v) is 5.97. The first-order chi connectivity index (χ1) is 8.73. The Hall–Kier alpha value is -1.95. The van der Waals surface area contributed by atoms with Crippen LogP contribution in [0.4, 0.5) is 0 Å². The molecule has 0 saturated heterocycles. The Morgan fingerprint density at radius 2 is 1.68 bits per heavy atom. The van der Waals surface area contributed by atoms with Crippen LogP contribution in [0.2, 0.25) is 0 Å². The van der Waals surface area contributed by atoms with Gasteiger partial charge in [-0.2, -0.15) is 0 Å². The largest absolute Gasteiger partial charge is 0.508 e. The number of phenols is 3. The lowest BCUT2D eigenvalue weighted by molar-refractivity contribution is -0.138. The Morgan fingerprint density at radius 3 is 2.11 bits per heavy atom. The summed E-state index contributed by atoms with van der Waals surface area (Å²) >= 11 is 0. The van der Waals surface area contributed by atoms with Crippen LogP contribution < -0.4 is 5.73 Å². The van der Waals surface area contributed by atoms with Gasteiger partial charge in [-0.05, 0) is 18.3 Å². The maximum absolute atomic E-state index is 10.7. The van der Waals surface area contributed by atoms with Gasteiger partial charge < -0.3 is 26.2 Å². The smallest absolute Gasteiger partial charge is 0.320 e. The number of hydrogen-bond acceptors (Lipinski definition) is 5. The standard InChI is InChI=1S/C13H19NO5/c1-6(3-9(14)13(18)19)7(2)12-10(16)4-8(15)5-11(12)17/h4-7,9,15-17H,3,14H2,1-2H3,(H,18,19). The zero-order valence-electron chi connectivity index (χ0n) is 10.9. The zero-order chi connectivity index (χ0) is 14.7. The lowest BCUT2D eigenvalue weighted by Gasteiger charge is -2.23. The summed E-state index contributed by atoms with van der Waals surface area (Å²) in [6, 6.07) is 1.28. The topological polar surface area (TPSA) is 124 Å². The van der Waals surface area contributed by atoms with Crippen molar-refractivity contribution in [1.29, 1.82) is 0 Å². The fourth-order valence-corrected chi connectivity index (χ4v) is 2.07. The molecule has 0 heterocycles. The monoisotopic (exact) mass is 269 g/mol. The molecule has 1 rings (SSSR count). The quantitative estimate of drug-likeness (QED) is 0.549. The summed E-state index contributed by atoms with van der Waals surface area (Å²) in [4.78, 5) is 10.7. The molecule has 106 valence electrons. The molecule has 0 aliphatic rings. The summed E-state index contributed by atoms with van der Waals surface area (Å²) in [5.74, 6) is -2.22. The van der Waals surface area contributed by atoms with Gasteiger partial charge in [-0.15, -0.1) is 0 Å². The second-order valence-corrected chi connectivity index (χ2v) is 4.84. The van der Waals surface area contributed by atoms with E-state index in [0.717, 1.165) is 12.1 Å². The molecule has 0 amide bonds. The van der Waals surface area contributed by atoms with Crippen molar-refractivity contribution in [3.63, 3.8) is 0 Å². The minimum absolute atomic E-state index is 0.160. The summed E-state index contributed by atoms with van der Waals surface area (Å²) in [6.07, 6.45) is 0.219. The molecular formula is C13H19NO5. The van der Waals surface area contributed by atoms with E-state index in [1.165, 1.54) is 0 Å². The van der Waals surface area contributed by atoms with Gasteiger partial charge in [0.05, 0.1) is 0 Å². The van der Waals surface area contributed by atoms with Crippen molar-refractivity contribution in [2.45, 2.75) is 32.2 Å². The molecule has 6 N–H and O–H groups in total. The fraction of sp³-hybridized carbons (Fsp3) is 0.462. The van der Waals surface area contributed by atoms with Gasteiger partial charge in [-0.1, -0.05) is 13.8 Å². The Balaban J connectivity index is 2.94. The van der Waals surface area contributed by atoms with Crippen LogP contribution in [-0.4, -0.2) is 32.4 Å². The Bertz CT molecular complexity index is 451. The molecular weight excluding hydrogens is 250 g/mol. The molecule has 6 nitrogen and oxygen atoms in total. The second-order valence-electron chi connectivity index (χ2n) is 4.84. The molecule has 0 bridgehead atoms. The van der Waals surface area contributed by atoms with Crippen molar-refractivity contribution < 1.29 is 25.2 Å². The molecule has 1 aromatic carbocycles. The van der Waals surface area contributed by atoms with Gasteiger partial charge in [0, 0.05) is 17.7 Å². The second kappa shape index (κ2) is 5.79. The highest BCUT2D eigenvalue weighted by Crippen LogP contribution is 2.41. The lowest BCUT2D eigenvalue weighted by Crippen LogP contribution is -2.32. The molecule has 0 aliphatic heterocycles. The summed E-state index contributed by atoms with van der Waals surface area (Å²) in [5, 5.41) is 37.5. The Morgan fingerprint density at radius 1 is 1.21 bits per heavy atom. The van der Waals surface area contributed by atoms with Gasteiger partial charge in [0.2, 0.25) is 0 Å². The van der Waals surface area contributed by atoms with Gasteiger partial charge in [0.1, 0.15) is 23.3 Å². The molecule has 3 unspecified atom stereocenters. The van der Waals surface area contributed by atoms with Gasteiger partial charge in [-0.3, -0.25) is 4.79 Å². The van der Waals surface area contributed by atoms with Gasteiger partial charge in [0.25, 0.3) is 0 Å². The summed E-state index contributed by atoms with van der Waals surface area (Å²) in [6.45, 7) is 3.55. The van der Waals surface area contributed by atoms with E-state index < -0.39 is 12.0 Å². The van der Waals surface area contributed by atoms with E-state index in [4.69, 9.17) is 10.8 Å². The minimum Gasteiger partial charge on any atom is -0.508 e. The van der Waals surface area contributed by atoms with Crippen LogP contribution in [0.3, 0.4) is 0 Å². The van der Waals surface area contributed by atoms with Crippen molar-refractivity contribution in [3.8, 4) is 17.2 Å². The normalized spacial score (nSPS) is 15.7. The SMILES string of the molecule is CC(CC(N)C(=O)O)C(C)c1c(O)cc(O)cc1O. The van der Waals surface area contributed by atoms with Crippen molar-refractivity contribution in [1.82, 2.24) is 0 Å². The molecule has 0 spiro atoms. The molecule has 1 aromatic rings. The number of hydrogen-bond donors (Lipinski definition) is 5. The first kappa shape index (κ1) is 15.1. The highest BCUT2D eigenvalue weighted by Gasteiger charge is 2.25. The van der Waals surface area contributed by atoms with Crippen LogP contribution in [0.25, 0.3) is 0 Å². The fourth-order valence-electron chi connectivity index (χ4n) is 2.07. The van der Waals surface area contributed by atoms with Crippen molar-refractivity contribution in [2.75, 3.05) is 0 Å². The van der Waals surface area contributed by atoms with Crippen LogP contribution in [0.5, 0.6) is 17.2 Å². The van der Waals surface area contributed by atoms with Crippen molar-refractivity contribution in [3.05, 3.63) is 17.7 Å². The minimum atomic E-state index is -1.09.